The molecule has 67 valence electrons. The number of aryl methyl sites for hydroxylation is 1. The molecule has 1 unspecified atom stereocenters. The Hall–Kier alpha value is 0.324. The second-order valence-electron chi connectivity index (χ2n) is 3.89. The van der Waals surface area contributed by atoms with Crippen LogP contribution in [-0.2, 0) is 39.1 Å². The zero-order chi connectivity index (χ0) is 8.72. The minimum Gasteiger partial charge on any atom is -0.305 e. The maximum absolute atomic E-state index is 2.31. The molecule has 1 aromatic rings. The number of hydrogen-bond acceptors (Lipinski definition) is 0. The van der Waals surface area contributed by atoms with Crippen molar-refractivity contribution in [1.82, 2.24) is 0 Å². The molecule has 1 aliphatic carbocycles. The van der Waals surface area contributed by atoms with E-state index in [2.05, 4.69) is 39.0 Å². The predicted octanol–water partition coefficient (Wildman–Crippen LogP) is 3.25. The predicted molar refractivity (Wildman–Crippen MR) is 52.2 cm³/mol. The molecule has 0 heterocycles. The molecule has 1 aliphatic rings. The Kier molecular flexibility index (Phi) is 3.71. The van der Waals surface area contributed by atoms with E-state index in [1.165, 1.54) is 12.0 Å². The molecule has 13 heavy (non-hydrogen) atoms. The van der Waals surface area contributed by atoms with Crippen molar-refractivity contribution in [1.29, 1.82) is 0 Å². The van der Waals surface area contributed by atoms with Crippen molar-refractivity contribution in [3.05, 3.63) is 40.8 Å². The summed E-state index contributed by atoms with van der Waals surface area (Å²) in [5, 5.41) is 0. The van der Waals surface area contributed by atoms with Gasteiger partial charge in [0.05, 0.1) is 0 Å². The molecule has 0 fully saturated rings. The average Bonchev–Trinajstić information content (AvgIpc) is 2.29. The van der Waals surface area contributed by atoms with E-state index in [1.807, 2.05) is 0 Å². The van der Waals surface area contributed by atoms with Crippen LogP contribution in [-0.4, -0.2) is 0 Å². The van der Waals surface area contributed by atoms with Crippen LogP contribution in [0.3, 0.4) is 0 Å². The SMILES string of the molecule is Cc1cccc2c1C(C)[C-](C)C2.[Y]. The Morgan fingerprint density at radius 3 is 2.69 bits per heavy atom. The zero-order valence-corrected chi connectivity index (χ0v) is 11.4. The summed E-state index contributed by atoms with van der Waals surface area (Å²) in [5.74, 6) is 2.29. The smallest absolute Gasteiger partial charge is 0 e. The minimum absolute atomic E-state index is 0. The van der Waals surface area contributed by atoms with Gasteiger partial charge in [0.15, 0.2) is 0 Å². The van der Waals surface area contributed by atoms with Crippen molar-refractivity contribution >= 4 is 0 Å². The molecule has 0 nitrogen and oxygen atoms in total. The molecule has 0 saturated carbocycles. The zero-order valence-electron chi connectivity index (χ0n) is 8.59. The van der Waals surface area contributed by atoms with Crippen LogP contribution in [0.2, 0.25) is 0 Å². The summed E-state index contributed by atoms with van der Waals surface area (Å²) in [6.07, 6.45) is 1.19. The first-order valence-electron chi connectivity index (χ1n) is 4.61. The second-order valence-corrected chi connectivity index (χ2v) is 3.89. The quantitative estimate of drug-likeness (QED) is 0.618. The Bertz CT molecular complexity index is 304. The molecule has 0 bridgehead atoms. The van der Waals surface area contributed by atoms with E-state index in [1.54, 1.807) is 17.0 Å². The van der Waals surface area contributed by atoms with Gasteiger partial charge in [-0.3, -0.25) is 0 Å². The molecule has 0 N–H and O–H groups in total. The maximum atomic E-state index is 2.31. The normalized spacial score (nSPS) is 21.0. The number of rotatable bonds is 0. The van der Waals surface area contributed by atoms with Gasteiger partial charge in [0.1, 0.15) is 0 Å². The van der Waals surface area contributed by atoms with E-state index in [4.69, 9.17) is 0 Å². The monoisotopic (exact) mass is 248 g/mol. The van der Waals surface area contributed by atoms with Crippen LogP contribution in [0.25, 0.3) is 0 Å². The van der Waals surface area contributed by atoms with Gasteiger partial charge in [0.2, 0.25) is 0 Å². The van der Waals surface area contributed by atoms with E-state index in [9.17, 15) is 0 Å². The third-order valence-electron chi connectivity index (χ3n) is 3.06. The van der Waals surface area contributed by atoms with E-state index >= 15 is 0 Å². The summed E-state index contributed by atoms with van der Waals surface area (Å²) in [5.41, 5.74) is 4.58. The van der Waals surface area contributed by atoms with Crippen molar-refractivity contribution in [2.75, 3.05) is 0 Å². The molecule has 0 spiro atoms. The van der Waals surface area contributed by atoms with Crippen LogP contribution in [0.4, 0.5) is 0 Å². The van der Waals surface area contributed by atoms with Gasteiger partial charge in [-0.25, -0.2) is 0 Å². The van der Waals surface area contributed by atoms with Crippen LogP contribution in [0.5, 0.6) is 0 Å². The summed E-state index contributed by atoms with van der Waals surface area (Å²) < 4.78 is 0. The molecule has 1 aromatic carbocycles. The Balaban J connectivity index is 0.000000845. The molecule has 0 aliphatic heterocycles. The van der Waals surface area contributed by atoms with Crippen LogP contribution < -0.4 is 0 Å². The molecule has 0 aromatic heterocycles. The summed E-state index contributed by atoms with van der Waals surface area (Å²) in [6.45, 7) is 6.80. The summed E-state index contributed by atoms with van der Waals surface area (Å²) in [4.78, 5) is 0. The van der Waals surface area contributed by atoms with Gasteiger partial charge in [-0.2, -0.15) is 13.3 Å². The fourth-order valence-electron chi connectivity index (χ4n) is 2.22. The van der Waals surface area contributed by atoms with E-state index < -0.39 is 0 Å². The standard InChI is InChI=1S/C12H15.Y/c1-8-5-4-6-11-7-9(2)10(3)12(8)11;/h4-6,10H,7H2,1-3H3;/q-1;. The fraction of sp³-hybridized carbons (Fsp3) is 0.417. The molecule has 1 radical (unpaired) electrons. The van der Waals surface area contributed by atoms with Crippen LogP contribution >= 0.6 is 0 Å². The molecular weight excluding hydrogens is 233 g/mol. The molecule has 1 atom stereocenters. The fourth-order valence-corrected chi connectivity index (χ4v) is 2.22. The largest absolute Gasteiger partial charge is 0.305 e. The van der Waals surface area contributed by atoms with Crippen LogP contribution in [0.15, 0.2) is 18.2 Å². The van der Waals surface area contributed by atoms with Gasteiger partial charge in [0.25, 0.3) is 0 Å². The van der Waals surface area contributed by atoms with E-state index in [0.29, 0.717) is 5.92 Å². The first-order chi connectivity index (χ1) is 5.70. The van der Waals surface area contributed by atoms with Crippen molar-refractivity contribution in [2.45, 2.75) is 33.1 Å². The summed E-state index contributed by atoms with van der Waals surface area (Å²) in [7, 11) is 0. The number of fused-ring (bicyclic) bond motifs is 1. The summed E-state index contributed by atoms with van der Waals surface area (Å²) >= 11 is 0. The Morgan fingerprint density at radius 1 is 1.38 bits per heavy atom. The van der Waals surface area contributed by atoms with Gasteiger partial charge >= 0.3 is 0 Å². The third-order valence-corrected chi connectivity index (χ3v) is 3.06. The molecule has 0 saturated heterocycles. The molecule has 1 heteroatoms. The molecular formula is C12H15Y-. The van der Waals surface area contributed by atoms with Gasteiger partial charge in [0, 0.05) is 32.7 Å². The first kappa shape index (κ1) is 11.4. The van der Waals surface area contributed by atoms with Gasteiger partial charge in [-0.1, -0.05) is 41.8 Å². The Morgan fingerprint density at radius 2 is 2.08 bits per heavy atom. The van der Waals surface area contributed by atoms with Crippen molar-refractivity contribution in [3.8, 4) is 0 Å². The first-order valence-corrected chi connectivity index (χ1v) is 4.61. The van der Waals surface area contributed by atoms with Gasteiger partial charge < -0.3 is 5.92 Å². The minimum atomic E-state index is 0. The number of benzene rings is 1. The topological polar surface area (TPSA) is 0 Å². The summed E-state index contributed by atoms with van der Waals surface area (Å²) in [6, 6.07) is 6.64. The van der Waals surface area contributed by atoms with Crippen LogP contribution in [0.1, 0.15) is 36.5 Å². The third kappa shape index (κ3) is 1.90. The number of hydrogen-bond donors (Lipinski definition) is 0. The molecule has 2 rings (SSSR count). The van der Waals surface area contributed by atoms with Crippen molar-refractivity contribution < 1.29 is 32.7 Å². The van der Waals surface area contributed by atoms with Crippen LogP contribution in [0, 0.1) is 12.8 Å². The molecule has 0 amide bonds. The van der Waals surface area contributed by atoms with Gasteiger partial charge in [-0.05, 0) is 6.92 Å². The van der Waals surface area contributed by atoms with E-state index in [-0.39, 0.29) is 32.7 Å². The second kappa shape index (κ2) is 4.23. The van der Waals surface area contributed by atoms with Crippen molar-refractivity contribution in [3.63, 3.8) is 0 Å². The van der Waals surface area contributed by atoms with Crippen molar-refractivity contribution in [2.24, 2.45) is 0 Å². The Labute approximate surface area is 106 Å². The van der Waals surface area contributed by atoms with Gasteiger partial charge in [-0.15, -0.1) is 5.92 Å². The van der Waals surface area contributed by atoms with E-state index in [0.717, 1.165) is 0 Å². The maximum Gasteiger partial charge on any atom is 0 e. The average molecular weight is 248 g/mol.